The van der Waals surface area contributed by atoms with Gasteiger partial charge in [0, 0.05) is 19.3 Å². The molecular weight excluding hydrogens is 272 g/mol. The van der Waals surface area contributed by atoms with Crippen molar-refractivity contribution in [2.24, 2.45) is 0 Å². The summed E-state index contributed by atoms with van der Waals surface area (Å²) in [5.41, 5.74) is 1.19. The van der Waals surface area contributed by atoms with Crippen LogP contribution < -0.4 is 9.64 Å². The predicted molar refractivity (Wildman–Crippen MR) is 82.6 cm³/mol. The third-order valence-electron chi connectivity index (χ3n) is 3.37. The second-order valence-electron chi connectivity index (χ2n) is 4.74. The quantitative estimate of drug-likeness (QED) is 0.889. The molecule has 2 aromatic rings. The molecule has 1 N–H and O–H groups in total. The molecule has 1 atom stereocenters. The van der Waals surface area contributed by atoms with Crippen LogP contribution in [0.25, 0.3) is 0 Å². The largest absolute Gasteiger partial charge is 0.496 e. The summed E-state index contributed by atoms with van der Waals surface area (Å²) in [5, 5.41) is 10.0. The molecule has 2 rings (SSSR count). The molecule has 0 radical (unpaired) electrons. The molecule has 0 fully saturated rings. The van der Waals surface area contributed by atoms with Gasteiger partial charge < -0.3 is 14.7 Å². The van der Waals surface area contributed by atoms with Crippen LogP contribution in [0.4, 0.5) is 5.13 Å². The van der Waals surface area contributed by atoms with E-state index in [1.807, 2.05) is 25.2 Å². The van der Waals surface area contributed by atoms with Crippen LogP contribution in [-0.4, -0.2) is 30.3 Å². The van der Waals surface area contributed by atoms with Gasteiger partial charge in [-0.2, -0.15) is 0 Å². The number of aliphatic hydroxyl groups is 1. The fourth-order valence-electron chi connectivity index (χ4n) is 2.05. The van der Waals surface area contributed by atoms with Crippen LogP contribution in [-0.2, 0) is 13.0 Å². The molecule has 1 heterocycles. The van der Waals surface area contributed by atoms with E-state index in [1.54, 1.807) is 13.3 Å². The Labute approximate surface area is 123 Å². The van der Waals surface area contributed by atoms with Gasteiger partial charge in [0.1, 0.15) is 5.75 Å². The first-order chi connectivity index (χ1) is 9.65. The Hall–Kier alpha value is -1.59. The number of aromatic nitrogens is 1. The van der Waals surface area contributed by atoms with E-state index in [0.717, 1.165) is 22.2 Å². The van der Waals surface area contributed by atoms with Gasteiger partial charge in [0.15, 0.2) is 5.13 Å². The molecule has 20 heavy (non-hydrogen) atoms. The Balaban J connectivity index is 2.09. The van der Waals surface area contributed by atoms with Crippen molar-refractivity contribution in [3.8, 4) is 5.75 Å². The van der Waals surface area contributed by atoms with Gasteiger partial charge in [0.05, 0.1) is 18.6 Å². The number of anilines is 1. The SMILES string of the molecule is COc1ccccc1CC(C)N(C)c1ncc(CO)s1. The first kappa shape index (κ1) is 14.8. The molecule has 0 aliphatic rings. The molecule has 0 saturated heterocycles. The van der Waals surface area contributed by atoms with Crippen molar-refractivity contribution >= 4 is 16.5 Å². The van der Waals surface area contributed by atoms with Gasteiger partial charge in [-0.05, 0) is 25.0 Å². The predicted octanol–water partition coefficient (Wildman–Crippen LogP) is 2.71. The molecule has 0 spiro atoms. The molecule has 0 bridgehead atoms. The lowest BCUT2D eigenvalue weighted by Gasteiger charge is -2.25. The average Bonchev–Trinajstić information content (AvgIpc) is 2.95. The number of para-hydroxylation sites is 1. The van der Waals surface area contributed by atoms with Crippen LogP contribution in [0.3, 0.4) is 0 Å². The first-order valence-electron chi connectivity index (χ1n) is 6.56. The van der Waals surface area contributed by atoms with E-state index < -0.39 is 0 Å². The van der Waals surface area contributed by atoms with Gasteiger partial charge in [-0.1, -0.05) is 29.5 Å². The second kappa shape index (κ2) is 6.72. The second-order valence-corrected chi connectivity index (χ2v) is 5.84. The lowest BCUT2D eigenvalue weighted by Crippen LogP contribution is -2.30. The third-order valence-corrected chi connectivity index (χ3v) is 4.44. The zero-order chi connectivity index (χ0) is 14.5. The summed E-state index contributed by atoms with van der Waals surface area (Å²) < 4.78 is 5.39. The smallest absolute Gasteiger partial charge is 0.185 e. The summed E-state index contributed by atoms with van der Waals surface area (Å²) in [6.45, 7) is 2.21. The van der Waals surface area contributed by atoms with Crippen LogP contribution in [0.1, 0.15) is 17.4 Å². The molecule has 1 unspecified atom stereocenters. The number of methoxy groups -OCH3 is 1. The number of aliphatic hydroxyl groups excluding tert-OH is 1. The van der Waals surface area contributed by atoms with Crippen molar-refractivity contribution in [2.75, 3.05) is 19.1 Å². The molecule has 1 aromatic heterocycles. The lowest BCUT2D eigenvalue weighted by molar-refractivity contribution is 0.285. The minimum atomic E-state index is 0.0480. The summed E-state index contributed by atoms with van der Waals surface area (Å²) in [5.74, 6) is 0.919. The van der Waals surface area contributed by atoms with Crippen molar-refractivity contribution in [1.82, 2.24) is 4.98 Å². The van der Waals surface area contributed by atoms with E-state index in [1.165, 1.54) is 16.9 Å². The maximum absolute atomic E-state index is 9.11. The van der Waals surface area contributed by atoms with Crippen molar-refractivity contribution in [1.29, 1.82) is 0 Å². The molecule has 0 saturated carbocycles. The van der Waals surface area contributed by atoms with Gasteiger partial charge in [-0.25, -0.2) is 4.98 Å². The summed E-state index contributed by atoms with van der Waals surface area (Å²) in [6.07, 6.45) is 2.61. The maximum Gasteiger partial charge on any atom is 0.185 e. The first-order valence-corrected chi connectivity index (χ1v) is 7.37. The lowest BCUT2D eigenvalue weighted by atomic mass is 10.1. The molecule has 0 aliphatic heterocycles. The Morgan fingerprint density at radius 1 is 1.40 bits per heavy atom. The third kappa shape index (κ3) is 3.29. The fourth-order valence-corrected chi connectivity index (χ4v) is 2.88. The standard InChI is InChI=1S/C15H20N2O2S/c1-11(8-12-6-4-5-7-14(12)19-3)17(2)15-16-9-13(10-18)20-15/h4-7,9,11,18H,8,10H2,1-3H3. The number of nitrogens with zero attached hydrogens (tertiary/aromatic N) is 2. The van der Waals surface area contributed by atoms with Crippen LogP contribution in [0.15, 0.2) is 30.5 Å². The van der Waals surface area contributed by atoms with E-state index >= 15 is 0 Å². The number of hydrogen-bond donors (Lipinski definition) is 1. The fraction of sp³-hybridized carbons (Fsp3) is 0.400. The van der Waals surface area contributed by atoms with E-state index in [4.69, 9.17) is 9.84 Å². The van der Waals surface area contributed by atoms with E-state index in [0.29, 0.717) is 6.04 Å². The number of ether oxygens (including phenoxy) is 1. The topological polar surface area (TPSA) is 45.6 Å². The van der Waals surface area contributed by atoms with E-state index in [9.17, 15) is 0 Å². The summed E-state index contributed by atoms with van der Waals surface area (Å²) in [4.78, 5) is 7.37. The van der Waals surface area contributed by atoms with Gasteiger partial charge in [-0.15, -0.1) is 0 Å². The van der Waals surface area contributed by atoms with Gasteiger partial charge in [0.25, 0.3) is 0 Å². The number of likely N-dealkylation sites (N-methyl/N-ethyl adjacent to an activating group) is 1. The highest BCUT2D eigenvalue weighted by molar-refractivity contribution is 7.15. The molecule has 0 aliphatic carbocycles. The zero-order valence-electron chi connectivity index (χ0n) is 12.0. The summed E-state index contributed by atoms with van der Waals surface area (Å²) in [7, 11) is 3.72. The minimum Gasteiger partial charge on any atom is -0.496 e. The van der Waals surface area contributed by atoms with Crippen LogP contribution in [0, 0.1) is 0 Å². The summed E-state index contributed by atoms with van der Waals surface area (Å²) in [6, 6.07) is 8.37. The zero-order valence-corrected chi connectivity index (χ0v) is 12.9. The highest BCUT2D eigenvalue weighted by Gasteiger charge is 2.15. The van der Waals surface area contributed by atoms with Crippen molar-refractivity contribution in [3.05, 3.63) is 40.9 Å². The maximum atomic E-state index is 9.11. The molecular formula is C15H20N2O2S. The van der Waals surface area contributed by atoms with E-state index in [2.05, 4.69) is 22.9 Å². The van der Waals surface area contributed by atoms with Crippen LogP contribution >= 0.6 is 11.3 Å². The number of rotatable bonds is 6. The van der Waals surface area contributed by atoms with Gasteiger partial charge in [0.2, 0.25) is 0 Å². The van der Waals surface area contributed by atoms with Crippen molar-refractivity contribution in [2.45, 2.75) is 26.0 Å². The Kier molecular flexibility index (Phi) is 4.98. The monoisotopic (exact) mass is 292 g/mol. The molecule has 5 heteroatoms. The normalized spacial score (nSPS) is 12.2. The highest BCUT2D eigenvalue weighted by atomic mass is 32.1. The highest BCUT2D eigenvalue weighted by Crippen LogP contribution is 2.26. The number of hydrogen-bond acceptors (Lipinski definition) is 5. The average molecular weight is 292 g/mol. The number of benzene rings is 1. The van der Waals surface area contributed by atoms with Gasteiger partial charge in [-0.3, -0.25) is 0 Å². The van der Waals surface area contributed by atoms with Crippen LogP contribution in [0.2, 0.25) is 0 Å². The molecule has 0 amide bonds. The Bertz CT molecular complexity index is 556. The van der Waals surface area contributed by atoms with Crippen molar-refractivity contribution in [3.63, 3.8) is 0 Å². The minimum absolute atomic E-state index is 0.0480. The molecule has 108 valence electrons. The Morgan fingerprint density at radius 2 is 2.15 bits per heavy atom. The molecule has 1 aromatic carbocycles. The summed E-state index contributed by atoms with van der Waals surface area (Å²) >= 11 is 1.52. The van der Waals surface area contributed by atoms with Crippen molar-refractivity contribution < 1.29 is 9.84 Å². The van der Waals surface area contributed by atoms with Crippen LogP contribution in [0.5, 0.6) is 5.75 Å². The molecule has 4 nitrogen and oxygen atoms in total. The number of thiazole rings is 1. The van der Waals surface area contributed by atoms with E-state index in [-0.39, 0.29) is 6.61 Å². The van der Waals surface area contributed by atoms with Gasteiger partial charge >= 0.3 is 0 Å². The Morgan fingerprint density at radius 3 is 2.80 bits per heavy atom.